The third kappa shape index (κ3) is 3.92. The summed E-state index contributed by atoms with van der Waals surface area (Å²) in [6, 6.07) is 7.32. The van der Waals surface area contributed by atoms with Gasteiger partial charge in [-0.3, -0.25) is 9.59 Å². The SMILES string of the molecule is Cc1cccc(C(=O)N=c2sc(C)cn2CC(=O)N(C)C)c1. The van der Waals surface area contributed by atoms with Crippen molar-refractivity contribution in [1.29, 1.82) is 0 Å². The molecule has 0 bridgehead atoms. The molecule has 0 saturated heterocycles. The first-order valence-corrected chi connectivity index (χ1v) is 7.71. The van der Waals surface area contributed by atoms with Gasteiger partial charge in [0.2, 0.25) is 5.91 Å². The Morgan fingerprint density at radius 3 is 2.64 bits per heavy atom. The quantitative estimate of drug-likeness (QED) is 0.869. The molecule has 22 heavy (non-hydrogen) atoms. The molecule has 116 valence electrons. The molecule has 1 heterocycles. The molecule has 0 radical (unpaired) electrons. The second-order valence-electron chi connectivity index (χ2n) is 5.33. The van der Waals surface area contributed by atoms with Crippen LogP contribution in [0.2, 0.25) is 0 Å². The number of benzene rings is 1. The third-order valence-corrected chi connectivity index (χ3v) is 4.04. The Balaban J connectivity index is 2.35. The van der Waals surface area contributed by atoms with Gasteiger partial charge in [-0.2, -0.15) is 4.99 Å². The number of hydrogen-bond donors (Lipinski definition) is 0. The standard InChI is InChI=1S/C16H19N3O2S/c1-11-6-5-7-13(8-11)15(21)17-16-19(9-12(2)22-16)10-14(20)18(3)4/h5-9H,10H2,1-4H3. The highest BCUT2D eigenvalue weighted by atomic mass is 32.1. The van der Waals surface area contributed by atoms with Crippen molar-refractivity contribution < 1.29 is 9.59 Å². The van der Waals surface area contributed by atoms with Crippen molar-refractivity contribution >= 4 is 23.2 Å². The Labute approximate surface area is 133 Å². The normalized spacial score (nSPS) is 11.5. The number of hydrogen-bond acceptors (Lipinski definition) is 3. The van der Waals surface area contributed by atoms with Crippen LogP contribution in [0.25, 0.3) is 0 Å². The van der Waals surface area contributed by atoms with Gasteiger partial charge in [0, 0.05) is 30.7 Å². The molecule has 0 fully saturated rings. The summed E-state index contributed by atoms with van der Waals surface area (Å²) in [5.74, 6) is -0.334. The van der Waals surface area contributed by atoms with E-state index in [9.17, 15) is 9.59 Å². The van der Waals surface area contributed by atoms with E-state index in [1.165, 1.54) is 16.2 Å². The van der Waals surface area contributed by atoms with Crippen molar-refractivity contribution in [3.63, 3.8) is 0 Å². The Bertz CT molecular complexity index is 772. The summed E-state index contributed by atoms with van der Waals surface area (Å²) in [4.78, 5) is 31.4. The Morgan fingerprint density at radius 1 is 1.27 bits per heavy atom. The summed E-state index contributed by atoms with van der Waals surface area (Å²) in [5, 5.41) is 0. The molecular weight excluding hydrogens is 298 g/mol. The van der Waals surface area contributed by atoms with E-state index < -0.39 is 0 Å². The molecule has 6 heteroatoms. The highest BCUT2D eigenvalue weighted by molar-refractivity contribution is 7.09. The fourth-order valence-corrected chi connectivity index (χ4v) is 2.75. The Morgan fingerprint density at radius 2 is 2.00 bits per heavy atom. The molecule has 0 atom stereocenters. The molecule has 0 unspecified atom stereocenters. The van der Waals surface area contributed by atoms with Crippen LogP contribution in [0.5, 0.6) is 0 Å². The van der Waals surface area contributed by atoms with Gasteiger partial charge in [0.05, 0.1) is 0 Å². The van der Waals surface area contributed by atoms with Crippen LogP contribution in [-0.2, 0) is 11.3 Å². The van der Waals surface area contributed by atoms with E-state index in [4.69, 9.17) is 0 Å². The van der Waals surface area contributed by atoms with E-state index in [0.717, 1.165) is 10.4 Å². The van der Waals surface area contributed by atoms with E-state index in [0.29, 0.717) is 10.4 Å². The maximum absolute atomic E-state index is 12.3. The lowest BCUT2D eigenvalue weighted by Gasteiger charge is -2.10. The number of aromatic nitrogens is 1. The molecular formula is C16H19N3O2S. The maximum atomic E-state index is 12.3. The maximum Gasteiger partial charge on any atom is 0.279 e. The molecule has 2 rings (SSSR count). The predicted octanol–water partition coefficient (Wildman–Crippen LogP) is 2.00. The van der Waals surface area contributed by atoms with Gasteiger partial charge in [0.25, 0.3) is 5.91 Å². The molecule has 0 aliphatic heterocycles. The van der Waals surface area contributed by atoms with Gasteiger partial charge in [-0.1, -0.05) is 17.7 Å². The molecule has 2 amide bonds. The Hall–Kier alpha value is -2.21. The van der Waals surface area contributed by atoms with Crippen molar-refractivity contribution in [2.75, 3.05) is 14.1 Å². The van der Waals surface area contributed by atoms with Crippen LogP contribution in [0.4, 0.5) is 0 Å². The summed E-state index contributed by atoms with van der Waals surface area (Å²) >= 11 is 1.40. The van der Waals surface area contributed by atoms with Crippen molar-refractivity contribution in [2.45, 2.75) is 20.4 Å². The molecule has 0 spiro atoms. The van der Waals surface area contributed by atoms with Crippen molar-refractivity contribution in [1.82, 2.24) is 9.47 Å². The smallest absolute Gasteiger partial charge is 0.279 e. The van der Waals surface area contributed by atoms with Crippen LogP contribution in [-0.4, -0.2) is 35.4 Å². The van der Waals surface area contributed by atoms with E-state index in [2.05, 4.69) is 4.99 Å². The molecule has 0 N–H and O–H groups in total. The molecule has 0 saturated carbocycles. The zero-order valence-electron chi connectivity index (χ0n) is 13.2. The minimum Gasteiger partial charge on any atom is -0.347 e. The number of aryl methyl sites for hydroxylation is 2. The van der Waals surface area contributed by atoms with Crippen LogP contribution < -0.4 is 4.80 Å². The van der Waals surface area contributed by atoms with Gasteiger partial charge in [-0.15, -0.1) is 11.3 Å². The minimum absolute atomic E-state index is 0.0396. The van der Waals surface area contributed by atoms with Crippen molar-refractivity contribution in [3.8, 4) is 0 Å². The first-order chi connectivity index (χ1) is 10.4. The highest BCUT2D eigenvalue weighted by Gasteiger charge is 2.10. The van der Waals surface area contributed by atoms with Crippen LogP contribution in [0, 0.1) is 13.8 Å². The number of rotatable bonds is 3. The fourth-order valence-electron chi connectivity index (χ4n) is 1.92. The number of carbonyl (C=O) groups is 2. The lowest BCUT2D eigenvalue weighted by Crippen LogP contribution is -2.30. The molecule has 5 nitrogen and oxygen atoms in total. The number of thiazole rings is 1. The Kier molecular flexibility index (Phi) is 4.92. The van der Waals surface area contributed by atoms with Crippen LogP contribution in [0.1, 0.15) is 20.8 Å². The van der Waals surface area contributed by atoms with E-state index in [1.54, 1.807) is 24.7 Å². The van der Waals surface area contributed by atoms with Crippen molar-refractivity contribution in [3.05, 3.63) is 51.3 Å². The average molecular weight is 317 g/mol. The fraction of sp³-hybridized carbons (Fsp3) is 0.312. The topological polar surface area (TPSA) is 54.7 Å². The summed E-state index contributed by atoms with van der Waals surface area (Å²) in [5.41, 5.74) is 1.57. The van der Waals surface area contributed by atoms with E-state index >= 15 is 0 Å². The van der Waals surface area contributed by atoms with Crippen molar-refractivity contribution in [2.24, 2.45) is 4.99 Å². The second-order valence-corrected chi connectivity index (χ2v) is 6.54. The first-order valence-electron chi connectivity index (χ1n) is 6.89. The van der Waals surface area contributed by atoms with Gasteiger partial charge in [0.15, 0.2) is 4.80 Å². The summed E-state index contributed by atoms with van der Waals surface area (Å²) < 4.78 is 1.72. The summed E-state index contributed by atoms with van der Waals surface area (Å²) in [7, 11) is 3.41. The van der Waals surface area contributed by atoms with Gasteiger partial charge in [-0.25, -0.2) is 0 Å². The van der Waals surface area contributed by atoms with Gasteiger partial charge >= 0.3 is 0 Å². The van der Waals surface area contributed by atoms with E-state index in [1.807, 2.05) is 38.2 Å². The van der Waals surface area contributed by atoms with Gasteiger partial charge in [0.1, 0.15) is 6.54 Å². The zero-order valence-corrected chi connectivity index (χ0v) is 14.0. The number of likely N-dealkylation sites (N-methyl/N-ethyl adjacent to an activating group) is 1. The predicted molar refractivity (Wildman–Crippen MR) is 86.8 cm³/mol. The van der Waals surface area contributed by atoms with Gasteiger partial charge < -0.3 is 9.47 Å². The number of carbonyl (C=O) groups excluding carboxylic acids is 2. The zero-order chi connectivity index (χ0) is 16.3. The largest absolute Gasteiger partial charge is 0.347 e. The molecule has 0 aliphatic carbocycles. The molecule has 0 aliphatic rings. The van der Waals surface area contributed by atoms with Crippen LogP contribution >= 0.6 is 11.3 Å². The monoisotopic (exact) mass is 317 g/mol. The molecule has 1 aromatic heterocycles. The highest BCUT2D eigenvalue weighted by Crippen LogP contribution is 2.06. The van der Waals surface area contributed by atoms with Crippen LogP contribution in [0.3, 0.4) is 0 Å². The first kappa shape index (κ1) is 16.2. The third-order valence-electron chi connectivity index (χ3n) is 3.10. The van der Waals surface area contributed by atoms with Gasteiger partial charge in [-0.05, 0) is 26.0 Å². The van der Waals surface area contributed by atoms with Crippen LogP contribution in [0.15, 0.2) is 35.5 Å². The average Bonchev–Trinajstić information content (AvgIpc) is 2.78. The molecule has 2 aromatic rings. The number of amides is 2. The molecule has 1 aromatic carbocycles. The van der Waals surface area contributed by atoms with E-state index in [-0.39, 0.29) is 18.4 Å². The summed E-state index contributed by atoms with van der Waals surface area (Å²) in [6.07, 6.45) is 1.84. The minimum atomic E-state index is -0.295. The lowest BCUT2D eigenvalue weighted by molar-refractivity contribution is -0.129. The lowest BCUT2D eigenvalue weighted by atomic mass is 10.1. The summed E-state index contributed by atoms with van der Waals surface area (Å²) in [6.45, 7) is 4.04. The number of nitrogens with zero attached hydrogens (tertiary/aromatic N) is 3. The second kappa shape index (κ2) is 6.70.